The Labute approximate surface area is 411 Å². The van der Waals surface area contributed by atoms with Gasteiger partial charge in [0.2, 0.25) is 5.96 Å². The number of rotatable bonds is 13. The van der Waals surface area contributed by atoms with Gasteiger partial charge in [-0.25, -0.2) is 24.2 Å². The van der Waals surface area contributed by atoms with Gasteiger partial charge in [-0.3, -0.25) is 25.0 Å². The number of nitrogens with zero attached hydrogens (tertiary/aromatic N) is 3. The fraction of sp³-hybridized carbons (Fsp3) is 0.583. The molecule has 0 heterocycles. The standard InChI is InChI=1S/C48H71N5O16S/c1-43(2,3)64-35(54)27-34(38(57)66-45(7,8)9)52(29-36(55)65-44(4,5)6)70(61,62)53(42(60)69-48(16,17)18)28-30-19-25-33(26-20-30)63-37(56)31-21-23-32(24-22-31)49-39(50-40(58)67-46(10,11)12)51-41(59)68-47(13,14)15/h19-26,34H,27-29H2,1-18H3,(H2,49,50,51,58,59). The molecule has 2 rings (SSSR count). The summed E-state index contributed by atoms with van der Waals surface area (Å²) >= 11 is 0. The van der Waals surface area contributed by atoms with Gasteiger partial charge in [-0.05, 0) is 167 Å². The lowest BCUT2D eigenvalue weighted by molar-refractivity contribution is -0.168. The summed E-state index contributed by atoms with van der Waals surface area (Å²) in [6, 6.07) is 8.87. The minimum Gasteiger partial charge on any atom is -0.460 e. The van der Waals surface area contributed by atoms with Crippen LogP contribution in [0.25, 0.3) is 0 Å². The average Bonchev–Trinajstić information content (AvgIpc) is 3.11. The second-order valence-corrected chi connectivity index (χ2v) is 23.6. The van der Waals surface area contributed by atoms with Gasteiger partial charge in [0.1, 0.15) is 51.9 Å². The van der Waals surface area contributed by atoms with Crippen molar-refractivity contribution in [3.8, 4) is 5.75 Å². The van der Waals surface area contributed by atoms with Crippen molar-refractivity contribution >= 4 is 64.0 Å². The molecule has 22 heteroatoms. The molecule has 0 aliphatic heterocycles. The maximum atomic E-state index is 14.9. The van der Waals surface area contributed by atoms with Crippen molar-refractivity contribution in [2.75, 3.05) is 6.54 Å². The second kappa shape index (κ2) is 23.1. The number of amides is 3. The van der Waals surface area contributed by atoms with E-state index in [2.05, 4.69) is 15.6 Å². The summed E-state index contributed by atoms with van der Waals surface area (Å²) in [5, 5.41) is 4.73. The molecule has 2 aromatic carbocycles. The van der Waals surface area contributed by atoms with Crippen LogP contribution in [0.4, 0.5) is 20.1 Å². The lowest BCUT2D eigenvalue weighted by Crippen LogP contribution is -2.56. The van der Waals surface area contributed by atoms with Crippen molar-refractivity contribution in [2.45, 2.75) is 177 Å². The van der Waals surface area contributed by atoms with Gasteiger partial charge >= 0.3 is 52.4 Å². The molecule has 1 unspecified atom stereocenters. The van der Waals surface area contributed by atoms with Crippen LogP contribution >= 0.6 is 0 Å². The van der Waals surface area contributed by atoms with Crippen LogP contribution in [0, 0.1) is 0 Å². The van der Waals surface area contributed by atoms with Crippen LogP contribution in [0.3, 0.4) is 0 Å². The van der Waals surface area contributed by atoms with Gasteiger partial charge in [-0.15, -0.1) is 0 Å². The SMILES string of the molecule is CC(C)(C)OC(=O)CC(C(=O)OC(C)(C)C)N(CC(=O)OC(C)(C)C)S(=O)(=O)N(Cc1ccc(OC(=O)c2ccc(N=C(NC(=O)OC(C)(C)C)NC(=O)OC(C)(C)C)cc2)cc1)C(=O)OC(C)(C)C. The van der Waals surface area contributed by atoms with E-state index in [0.29, 0.717) is 4.31 Å². The number of aliphatic imine (C=N–C) groups is 1. The zero-order chi connectivity index (χ0) is 54.0. The van der Waals surface area contributed by atoms with Crippen molar-refractivity contribution in [1.29, 1.82) is 0 Å². The molecule has 70 heavy (non-hydrogen) atoms. The number of alkyl carbamates (subject to hydrolysis) is 2. The number of esters is 4. The molecule has 0 radical (unpaired) electrons. The molecule has 1 atom stereocenters. The zero-order valence-electron chi connectivity index (χ0n) is 43.6. The zero-order valence-corrected chi connectivity index (χ0v) is 44.4. The molecule has 0 saturated heterocycles. The molecule has 0 aromatic heterocycles. The van der Waals surface area contributed by atoms with Gasteiger partial charge in [0.25, 0.3) is 0 Å². The van der Waals surface area contributed by atoms with Crippen molar-refractivity contribution in [3.05, 3.63) is 59.7 Å². The van der Waals surface area contributed by atoms with Crippen LogP contribution in [-0.4, -0.2) is 111 Å². The number of nitrogens with one attached hydrogen (secondary N) is 2. The third-order valence-corrected chi connectivity index (χ3v) is 9.54. The minimum absolute atomic E-state index is 0.00170. The first-order chi connectivity index (χ1) is 31.5. The van der Waals surface area contributed by atoms with E-state index in [9.17, 15) is 42.0 Å². The maximum absolute atomic E-state index is 14.9. The predicted octanol–water partition coefficient (Wildman–Crippen LogP) is 8.01. The van der Waals surface area contributed by atoms with E-state index in [1.165, 1.54) is 111 Å². The topological polar surface area (TPSA) is 261 Å². The van der Waals surface area contributed by atoms with Gasteiger partial charge < -0.3 is 33.2 Å². The Morgan fingerprint density at radius 1 is 0.557 bits per heavy atom. The fourth-order valence-corrected chi connectivity index (χ4v) is 6.97. The summed E-state index contributed by atoms with van der Waals surface area (Å²) < 4.78 is 68.6. The number of hydrogen-bond donors (Lipinski definition) is 2. The quantitative estimate of drug-likeness (QED) is 0.0633. The smallest absolute Gasteiger partial charge is 0.425 e. The van der Waals surface area contributed by atoms with Gasteiger partial charge in [0, 0.05) is 0 Å². The van der Waals surface area contributed by atoms with E-state index in [1.807, 2.05) is 0 Å². The summed E-state index contributed by atoms with van der Waals surface area (Å²) in [6.45, 7) is 26.3. The Balaban J connectivity index is 2.57. The van der Waals surface area contributed by atoms with Crippen LogP contribution in [0.5, 0.6) is 5.75 Å². The number of carbonyl (C=O) groups excluding carboxylic acids is 7. The third-order valence-electron chi connectivity index (χ3n) is 7.73. The summed E-state index contributed by atoms with van der Waals surface area (Å²) in [5.41, 5.74) is -5.97. The fourth-order valence-electron chi connectivity index (χ4n) is 5.43. The number of benzene rings is 2. The van der Waals surface area contributed by atoms with Crippen LogP contribution in [0.2, 0.25) is 0 Å². The number of ether oxygens (including phenoxy) is 7. The summed E-state index contributed by atoms with van der Waals surface area (Å²) in [7, 11) is -5.34. The number of carbonyl (C=O) groups is 7. The van der Waals surface area contributed by atoms with E-state index >= 15 is 0 Å². The Kier molecular flexibility index (Phi) is 19.7. The molecular weight excluding hydrogens is 935 g/mol. The van der Waals surface area contributed by atoms with Gasteiger partial charge in [-0.1, -0.05) is 12.1 Å². The molecule has 2 N–H and O–H groups in total. The van der Waals surface area contributed by atoms with E-state index in [4.69, 9.17) is 33.2 Å². The Bertz CT molecular complexity index is 2310. The molecule has 0 saturated carbocycles. The largest absolute Gasteiger partial charge is 0.460 e. The van der Waals surface area contributed by atoms with Crippen molar-refractivity contribution in [1.82, 2.24) is 19.2 Å². The van der Waals surface area contributed by atoms with Gasteiger partial charge in [-0.2, -0.15) is 17.0 Å². The van der Waals surface area contributed by atoms with E-state index in [1.54, 1.807) is 62.3 Å². The molecule has 0 aliphatic rings. The molecule has 0 bridgehead atoms. The Morgan fingerprint density at radius 2 is 0.986 bits per heavy atom. The first-order valence-corrected chi connectivity index (χ1v) is 23.6. The normalized spacial score (nSPS) is 12.9. The second-order valence-electron chi connectivity index (χ2n) is 21.8. The van der Waals surface area contributed by atoms with Gasteiger partial charge in [0.05, 0.1) is 24.2 Å². The molecule has 0 aliphatic carbocycles. The molecule has 0 fully saturated rings. The monoisotopic (exact) mass is 1010 g/mol. The van der Waals surface area contributed by atoms with Crippen LogP contribution in [0.15, 0.2) is 53.5 Å². The highest BCUT2D eigenvalue weighted by atomic mass is 32.2. The summed E-state index contributed by atoms with van der Waals surface area (Å²) in [6.07, 6.45) is -4.15. The molecular formula is C48H71N5O16S. The van der Waals surface area contributed by atoms with Crippen molar-refractivity contribution < 1.29 is 75.1 Å². The van der Waals surface area contributed by atoms with E-state index in [0.717, 1.165) is 0 Å². The highest BCUT2D eigenvalue weighted by Crippen LogP contribution is 2.27. The Hall–Kier alpha value is -6.29. The first-order valence-electron chi connectivity index (χ1n) is 22.2. The summed E-state index contributed by atoms with van der Waals surface area (Å²) in [4.78, 5) is 97.2. The van der Waals surface area contributed by atoms with Gasteiger partial charge in [0.15, 0.2) is 0 Å². The maximum Gasteiger partial charge on any atom is 0.425 e. The summed E-state index contributed by atoms with van der Waals surface area (Å²) in [5.74, 6) is -4.50. The molecule has 3 amide bonds. The lowest BCUT2D eigenvalue weighted by atomic mass is 10.1. The molecule has 390 valence electrons. The van der Waals surface area contributed by atoms with Crippen molar-refractivity contribution in [2.24, 2.45) is 4.99 Å². The van der Waals surface area contributed by atoms with Crippen LogP contribution in [0.1, 0.15) is 147 Å². The minimum atomic E-state index is -5.34. The Morgan fingerprint density at radius 3 is 1.41 bits per heavy atom. The average molecular weight is 1010 g/mol. The molecule has 21 nitrogen and oxygen atoms in total. The van der Waals surface area contributed by atoms with Crippen LogP contribution in [-0.2, 0) is 59.6 Å². The van der Waals surface area contributed by atoms with Crippen LogP contribution < -0.4 is 15.4 Å². The third kappa shape index (κ3) is 22.9. The van der Waals surface area contributed by atoms with E-state index in [-0.39, 0.29) is 32.8 Å². The molecule has 2 aromatic rings. The number of guanidine groups is 1. The lowest BCUT2D eigenvalue weighted by Gasteiger charge is -2.35. The van der Waals surface area contributed by atoms with E-state index < -0.39 is 112 Å². The predicted molar refractivity (Wildman–Crippen MR) is 257 cm³/mol. The highest BCUT2D eigenvalue weighted by Gasteiger charge is 2.46. The highest BCUT2D eigenvalue weighted by molar-refractivity contribution is 7.87. The number of hydrogen-bond acceptors (Lipinski definition) is 17. The first kappa shape index (κ1) is 59.8. The molecule has 0 spiro atoms. The van der Waals surface area contributed by atoms with Crippen molar-refractivity contribution in [3.63, 3.8) is 0 Å².